The Labute approximate surface area is 149 Å². The molecule has 4 heterocycles. The van der Waals surface area contributed by atoms with Gasteiger partial charge in [-0.2, -0.15) is 11.8 Å². The van der Waals surface area contributed by atoms with Crippen LogP contribution in [-0.4, -0.2) is 48.7 Å². The molecule has 0 bridgehead atoms. The topological polar surface area (TPSA) is 52.5 Å². The van der Waals surface area contributed by atoms with Gasteiger partial charge in [-0.05, 0) is 29.9 Å². The predicted octanol–water partition coefficient (Wildman–Crippen LogP) is 2.47. The van der Waals surface area contributed by atoms with Crippen molar-refractivity contribution in [1.29, 1.82) is 0 Å². The van der Waals surface area contributed by atoms with E-state index in [1.165, 1.54) is 10.4 Å². The number of carbonyl (C=O) groups excluding carboxylic acids is 1. The van der Waals surface area contributed by atoms with E-state index in [0.717, 1.165) is 28.5 Å². The summed E-state index contributed by atoms with van der Waals surface area (Å²) in [6, 6.07) is 3.98. The summed E-state index contributed by atoms with van der Waals surface area (Å²) >= 11 is 3.67. The molecule has 2 aliphatic rings. The number of fused-ring (bicyclic) bond motifs is 1. The first kappa shape index (κ1) is 16.2. The molecule has 2 aliphatic heterocycles. The molecule has 2 aromatic heterocycles. The van der Waals surface area contributed by atoms with Crippen LogP contribution >= 0.6 is 23.1 Å². The summed E-state index contributed by atoms with van der Waals surface area (Å²) in [5.74, 6) is 2.08. The zero-order valence-corrected chi connectivity index (χ0v) is 15.0. The van der Waals surface area contributed by atoms with Gasteiger partial charge >= 0.3 is 0 Å². The SMILES string of the molecule is O=C(NC[C@@H]1COCCO1)c1c(-n2cccc2)sc2c1CCSC2. The molecule has 1 amide bonds. The minimum absolute atomic E-state index is 0.00252. The van der Waals surface area contributed by atoms with Crippen molar-refractivity contribution in [2.75, 3.05) is 32.1 Å². The van der Waals surface area contributed by atoms with Gasteiger partial charge in [0.25, 0.3) is 5.91 Å². The largest absolute Gasteiger partial charge is 0.376 e. The minimum Gasteiger partial charge on any atom is -0.376 e. The molecule has 1 saturated heterocycles. The van der Waals surface area contributed by atoms with Crippen molar-refractivity contribution in [2.24, 2.45) is 0 Å². The molecule has 5 nitrogen and oxygen atoms in total. The molecule has 0 aromatic carbocycles. The summed E-state index contributed by atoms with van der Waals surface area (Å²) in [7, 11) is 0. The van der Waals surface area contributed by atoms with Crippen molar-refractivity contribution in [3.05, 3.63) is 40.5 Å². The average Bonchev–Trinajstić information content (AvgIpc) is 3.27. The van der Waals surface area contributed by atoms with Gasteiger partial charge in [-0.3, -0.25) is 4.79 Å². The van der Waals surface area contributed by atoms with Crippen LogP contribution in [0.1, 0.15) is 20.8 Å². The van der Waals surface area contributed by atoms with Crippen LogP contribution in [0.3, 0.4) is 0 Å². The highest BCUT2D eigenvalue weighted by Crippen LogP contribution is 2.38. The molecular formula is C17H20N2O3S2. The molecule has 128 valence electrons. The Kier molecular flexibility index (Phi) is 4.93. The summed E-state index contributed by atoms with van der Waals surface area (Å²) in [6.07, 6.45) is 4.91. The van der Waals surface area contributed by atoms with Crippen LogP contribution in [0.15, 0.2) is 24.5 Å². The number of rotatable bonds is 4. The summed E-state index contributed by atoms with van der Waals surface area (Å²) in [4.78, 5) is 14.2. The molecule has 7 heteroatoms. The first-order chi connectivity index (χ1) is 11.8. The second-order valence-corrected chi connectivity index (χ2v) is 8.04. The van der Waals surface area contributed by atoms with Crippen molar-refractivity contribution >= 4 is 29.0 Å². The maximum absolute atomic E-state index is 12.9. The van der Waals surface area contributed by atoms with Crippen LogP contribution in [0.5, 0.6) is 0 Å². The van der Waals surface area contributed by atoms with Crippen molar-refractivity contribution in [3.8, 4) is 5.00 Å². The number of thiophene rings is 1. The highest BCUT2D eigenvalue weighted by atomic mass is 32.2. The Morgan fingerprint density at radius 3 is 3.00 bits per heavy atom. The number of ether oxygens (including phenoxy) is 2. The zero-order chi connectivity index (χ0) is 16.4. The first-order valence-electron chi connectivity index (χ1n) is 8.16. The van der Waals surface area contributed by atoms with Gasteiger partial charge in [0.1, 0.15) is 5.00 Å². The van der Waals surface area contributed by atoms with E-state index in [4.69, 9.17) is 9.47 Å². The maximum Gasteiger partial charge on any atom is 0.254 e. The van der Waals surface area contributed by atoms with Gasteiger partial charge in [-0.15, -0.1) is 11.3 Å². The number of aromatic nitrogens is 1. The lowest BCUT2D eigenvalue weighted by Gasteiger charge is -2.23. The van der Waals surface area contributed by atoms with E-state index in [-0.39, 0.29) is 12.0 Å². The normalized spacial score (nSPS) is 20.6. The van der Waals surface area contributed by atoms with Crippen LogP contribution in [0.25, 0.3) is 5.00 Å². The third-order valence-electron chi connectivity index (χ3n) is 4.24. The molecule has 2 aromatic rings. The number of nitrogens with zero attached hydrogens (tertiary/aromatic N) is 1. The monoisotopic (exact) mass is 364 g/mol. The number of amides is 1. The summed E-state index contributed by atoms with van der Waals surface area (Å²) < 4.78 is 13.1. The van der Waals surface area contributed by atoms with Gasteiger partial charge in [0, 0.05) is 29.6 Å². The van der Waals surface area contributed by atoms with Crippen LogP contribution in [0.4, 0.5) is 0 Å². The van der Waals surface area contributed by atoms with Crippen molar-refractivity contribution in [3.63, 3.8) is 0 Å². The van der Waals surface area contributed by atoms with Gasteiger partial charge in [0.05, 0.1) is 31.5 Å². The quantitative estimate of drug-likeness (QED) is 0.906. The van der Waals surface area contributed by atoms with Crippen LogP contribution in [0.2, 0.25) is 0 Å². The molecule has 1 fully saturated rings. The fourth-order valence-electron chi connectivity index (χ4n) is 3.05. The Hall–Kier alpha value is -1.28. The first-order valence-corrected chi connectivity index (χ1v) is 10.1. The highest BCUT2D eigenvalue weighted by Gasteiger charge is 2.27. The predicted molar refractivity (Wildman–Crippen MR) is 96.4 cm³/mol. The Bertz CT molecular complexity index is 706. The van der Waals surface area contributed by atoms with E-state index < -0.39 is 0 Å². The van der Waals surface area contributed by atoms with Gasteiger partial charge in [0.2, 0.25) is 0 Å². The van der Waals surface area contributed by atoms with Gasteiger partial charge in [-0.25, -0.2) is 0 Å². The average molecular weight is 364 g/mol. The maximum atomic E-state index is 12.9. The molecular weight excluding hydrogens is 344 g/mol. The van der Waals surface area contributed by atoms with E-state index in [1.807, 2.05) is 40.9 Å². The minimum atomic E-state index is -0.0530. The van der Waals surface area contributed by atoms with Crippen LogP contribution in [-0.2, 0) is 21.6 Å². The van der Waals surface area contributed by atoms with Crippen LogP contribution < -0.4 is 5.32 Å². The van der Waals surface area contributed by atoms with E-state index in [0.29, 0.717) is 26.4 Å². The Morgan fingerprint density at radius 1 is 1.33 bits per heavy atom. The molecule has 0 aliphatic carbocycles. The third-order valence-corrected chi connectivity index (χ3v) is 6.66. The lowest BCUT2D eigenvalue weighted by atomic mass is 10.1. The summed E-state index contributed by atoms with van der Waals surface area (Å²) in [5, 5.41) is 4.07. The van der Waals surface area contributed by atoms with Gasteiger partial charge < -0.3 is 19.4 Å². The van der Waals surface area contributed by atoms with E-state index in [1.54, 1.807) is 11.3 Å². The van der Waals surface area contributed by atoms with Crippen LogP contribution in [0, 0.1) is 0 Å². The van der Waals surface area contributed by atoms with Gasteiger partial charge in [-0.1, -0.05) is 0 Å². The second kappa shape index (κ2) is 7.31. The number of carbonyl (C=O) groups is 1. The fourth-order valence-corrected chi connectivity index (χ4v) is 5.50. The molecule has 0 spiro atoms. The fraction of sp³-hybridized carbons (Fsp3) is 0.471. The highest BCUT2D eigenvalue weighted by molar-refractivity contribution is 7.98. The molecule has 1 atom stereocenters. The number of nitrogens with one attached hydrogen (secondary N) is 1. The van der Waals surface area contributed by atoms with E-state index >= 15 is 0 Å². The summed E-state index contributed by atoms with van der Waals surface area (Å²) in [6.45, 7) is 2.27. The van der Waals surface area contributed by atoms with Crippen molar-refractivity contribution < 1.29 is 14.3 Å². The lowest BCUT2D eigenvalue weighted by Crippen LogP contribution is -2.40. The molecule has 4 rings (SSSR count). The Balaban J connectivity index is 1.58. The third kappa shape index (κ3) is 3.26. The summed E-state index contributed by atoms with van der Waals surface area (Å²) in [5.41, 5.74) is 2.06. The number of hydrogen-bond donors (Lipinski definition) is 1. The van der Waals surface area contributed by atoms with Crippen molar-refractivity contribution in [1.82, 2.24) is 9.88 Å². The zero-order valence-electron chi connectivity index (χ0n) is 13.3. The van der Waals surface area contributed by atoms with Crippen molar-refractivity contribution in [2.45, 2.75) is 18.3 Å². The van der Waals surface area contributed by atoms with E-state index in [2.05, 4.69) is 5.32 Å². The molecule has 0 radical (unpaired) electrons. The molecule has 24 heavy (non-hydrogen) atoms. The molecule has 0 unspecified atom stereocenters. The Morgan fingerprint density at radius 2 is 2.21 bits per heavy atom. The van der Waals surface area contributed by atoms with E-state index in [9.17, 15) is 4.79 Å². The number of hydrogen-bond acceptors (Lipinski definition) is 5. The second-order valence-electron chi connectivity index (χ2n) is 5.85. The number of thioether (sulfide) groups is 1. The standard InChI is InChI=1S/C17H20N2O3S2/c20-16(18-9-12-10-21-6-7-22-12)15-13-3-8-23-11-14(13)24-17(15)19-4-1-2-5-19/h1-2,4-5,12H,3,6-11H2,(H,18,20)/t12-/m1/s1. The molecule has 0 saturated carbocycles. The molecule has 1 N–H and O–H groups in total. The lowest BCUT2D eigenvalue weighted by molar-refractivity contribution is -0.0855. The van der Waals surface area contributed by atoms with Gasteiger partial charge in [0.15, 0.2) is 0 Å². The smallest absolute Gasteiger partial charge is 0.254 e.